The number of aliphatic hydroxyl groups is 1. The molecule has 1 unspecified atom stereocenters. The molecule has 0 spiro atoms. The first-order valence-electron chi connectivity index (χ1n) is 10.9. The van der Waals surface area contributed by atoms with E-state index in [1.165, 1.54) is 6.07 Å². The number of rotatable bonds is 13. The van der Waals surface area contributed by atoms with E-state index in [0.29, 0.717) is 26.2 Å². The number of aliphatic hydroxyl groups excluding tert-OH is 1. The molecule has 0 aliphatic carbocycles. The quantitative estimate of drug-likeness (QED) is 0.390. The molecule has 0 bridgehead atoms. The van der Waals surface area contributed by atoms with E-state index in [1.54, 1.807) is 18.2 Å². The van der Waals surface area contributed by atoms with E-state index < -0.39 is 6.10 Å². The van der Waals surface area contributed by atoms with Crippen LogP contribution in [0.25, 0.3) is 0 Å². The van der Waals surface area contributed by atoms with Gasteiger partial charge in [0.15, 0.2) is 0 Å². The molecule has 170 valence electrons. The molecule has 1 aromatic heterocycles. The molecule has 31 heavy (non-hydrogen) atoms. The van der Waals surface area contributed by atoms with E-state index >= 15 is 0 Å². The van der Waals surface area contributed by atoms with Gasteiger partial charge in [-0.25, -0.2) is 4.39 Å². The van der Waals surface area contributed by atoms with Crippen molar-refractivity contribution in [3.05, 3.63) is 72.3 Å². The number of hydrogen-bond donors (Lipinski definition) is 1. The minimum atomic E-state index is -0.573. The summed E-state index contributed by atoms with van der Waals surface area (Å²) in [7, 11) is 0. The SMILES string of the molecule is C=CCOCC(O)CN(CCN1CCOCC1)Cc1cccn1Cc1cccc(F)c1. The van der Waals surface area contributed by atoms with Crippen LogP contribution in [0.15, 0.2) is 55.3 Å². The molecule has 1 aromatic carbocycles. The highest BCUT2D eigenvalue weighted by Crippen LogP contribution is 2.13. The second-order valence-electron chi connectivity index (χ2n) is 7.93. The second-order valence-corrected chi connectivity index (χ2v) is 7.93. The van der Waals surface area contributed by atoms with Crippen molar-refractivity contribution in [2.45, 2.75) is 19.2 Å². The molecule has 1 aliphatic heterocycles. The molecule has 0 saturated carbocycles. The Morgan fingerprint density at radius 2 is 2.10 bits per heavy atom. The van der Waals surface area contributed by atoms with Gasteiger partial charge in [0.1, 0.15) is 5.82 Å². The van der Waals surface area contributed by atoms with Gasteiger partial charge in [-0.2, -0.15) is 0 Å². The highest BCUT2D eigenvalue weighted by atomic mass is 19.1. The number of nitrogens with zero attached hydrogens (tertiary/aromatic N) is 3. The van der Waals surface area contributed by atoms with Crippen molar-refractivity contribution in [2.24, 2.45) is 0 Å². The first-order chi connectivity index (χ1) is 15.1. The number of ether oxygens (including phenoxy) is 2. The Bertz CT molecular complexity index is 792. The summed E-state index contributed by atoms with van der Waals surface area (Å²) in [6.45, 7) is 11.4. The van der Waals surface area contributed by atoms with Gasteiger partial charge in [0.2, 0.25) is 0 Å². The second kappa shape index (κ2) is 12.7. The van der Waals surface area contributed by atoms with Gasteiger partial charge in [-0.15, -0.1) is 6.58 Å². The smallest absolute Gasteiger partial charge is 0.123 e. The summed E-state index contributed by atoms with van der Waals surface area (Å²) in [4.78, 5) is 4.65. The Morgan fingerprint density at radius 1 is 1.26 bits per heavy atom. The van der Waals surface area contributed by atoms with Crippen molar-refractivity contribution in [2.75, 3.05) is 59.2 Å². The van der Waals surface area contributed by atoms with Crippen LogP contribution in [0.4, 0.5) is 4.39 Å². The average Bonchev–Trinajstić information content (AvgIpc) is 3.19. The summed E-state index contributed by atoms with van der Waals surface area (Å²) in [5.41, 5.74) is 2.06. The van der Waals surface area contributed by atoms with E-state index in [1.807, 2.05) is 18.3 Å². The molecule has 1 fully saturated rings. The number of aromatic nitrogens is 1. The van der Waals surface area contributed by atoms with Gasteiger partial charge in [-0.05, 0) is 29.8 Å². The van der Waals surface area contributed by atoms with Crippen molar-refractivity contribution < 1.29 is 19.0 Å². The monoisotopic (exact) mass is 431 g/mol. The number of hydrogen-bond acceptors (Lipinski definition) is 5. The largest absolute Gasteiger partial charge is 0.389 e. The molecule has 1 atom stereocenters. The molecule has 2 heterocycles. The predicted molar refractivity (Wildman–Crippen MR) is 119 cm³/mol. The third-order valence-electron chi connectivity index (χ3n) is 5.40. The van der Waals surface area contributed by atoms with Crippen molar-refractivity contribution in [3.8, 4) is 0 Å². The van der Waals surface area contributed by atoms with Crippen LogP contribution < -0.4 is 0 Å². The number of halogens is 1. The topological polar surface area (TPSA) is 50.1 Å². The molecular formula is C24H34FN3O3. The predicted octanol–water partition coefficient (Wildman–Crippen LogP) is 2.37. The maximum atomic E-state index is 13.6. The molecule has 6 nitrogen and oxygen atoms in total. The fourth-order valence-electron chi connectivity index (χ4n) is 3.79. The highest BCUT2D eigenvalue weighted by molar-refractivity contribution is 5.19. The molecule has 2 aromatic rings. The minimum absolute atomic E-state index is 0.221. The third kappa shape index (κ3) is 8.20. The van der Waals surface area contributed by atoms with Crippen LogP contribution in [0.1, 0.15) is 11.3 Å². The first kappa shape index (κ1) is 23.6. The molecule has 7 heteroatoms. The van der Waals surface area contributed by atoms with E-state index in [0.717, 1.165) is 50.7 Å². The molecule has 1 saturated heterocycles. The van der Waals surface area contributed by atoms with Crippen LogP contribution >= 0.6 is 0 Å². The standard InChI is InChI=1S/C24H34FN3O3/c1-2-13-31-20-24(29)19-27(10-9-26-11-14-30-15-12-26)18-23-7-4-8-28(23)17-21-5-3-6-22(25)16-21/h2-8,16,24,29H,1,9-15,17-20H2. The van der Waals surface area contributed by atoms with Gasteiger partial charge in [0, 0.05) is 57.7 Å². The summed E-state index contributed by atoms with van der Waals surface area (Å²) in [5.74, 6) is -0.221. The minimum Gasteiger partial charge on any atom is -0.389 e. The van der Waals surface area contributed by atoms with Crippen LogP contribution in [-0.4, -0.2) is 84.7 Å². The average molecular weight is 432 g/mol. The lowest BCUT2D eigenvalue weighted by Crippen LogP contribution is -2.43. The Balaban J connectivity index is 1.62. The number of morpholine rings is 1. The van der Waals surface area contributed by atoms with Gasteiger partial charge < -0.3 is 19.1 Å². The Labute approximate surface area is 184 Å². The number of benzene rings is 1. The van der Waals surface area contributed by atoms with Crippen LogP contribution in [-0.2, 0) is 22.6 Å². The fourth-order valence-corrected chi connectivity index (χ4v) is 3.79. The summed E-state index contributed by atoms with van der Waals surface area (Å²) < 4.78 is 26.6. The van der Waals surface area contributed by atoms with Gasteiger partial charge >= 0.3 is 0 Å². The maximum Gasteiger partial charge on any atom is 0.123 e. The van der Waals surface area contributed by atoms with Crippen LogP contribution in [0.2, 0.25) is 0 Å². The van der Waals surface area contributed by atoms with E-state index in [4.69, 9.17) is 9.47 Å². The summed E-state index contributed by atoms with van der Waals surface area (Å²) >= 11 is 0. The van der Waals surface area contributed by atoms with E-state index in [-0.39, 0.29) is 12.4 Å². The molecule has 0 amide bonds. The third-order valence-corrected chi connectivity index (χ3v) is 5.40. The van der Waals surface area contributed by atoms with E-state index in [2.05, 4.69) is 27.0 Å². The van der Waals surface area contributed by atoms with Gasteiger partial charge in [-0.3, -0.25) is 9.80 Å². The van der Waals surface area contributed by atoms with Crippen LogP contribution in [0.5, 0.6) is 0 Å². The Morgan fingerprint density at radius 3 is 2.87 bits per heavy atom. The lowest BCUT2D eigenvalue weighted by Gasteiger charge is -2.31. The summed E-state index contributed by atoms with van der Waals surface area (Å²) in [6, 6.07) is 10.8. The highest BCUT2D eigenvalue weighted by Gasteiger charge is 2.17. The van der Waals surface area contributed by atoms with Gasteiger partial charge in [0.05, 0.1) is 32.5 Å². The normalized spacial score (nSPS) is 16.0. The fraction of sp³-hybridized carbons (Fsp3) is 0.500. The van der Waals surface area contributed by atoms with Crippen LogP contribution in [0, 0.1) is 5.82 Å². The van der Waals surface area contributed by atoms with Crippen LogP contribution in [0.3, 0.4) is 0 Å². The van der Waals surface area contributed by atoms with Gasteiger partial charge in [-0.1, -0.05) is 18.2 Å². The lowest BCUT2D eigenvalue weighted by molar-refractivity contribution is 0.0124. The van der Waals surface area contributed by atoms with Crippen molar-refractivity contribution in [3.63, 3.8) is 0 Å². The molecular weight excluding hydrogens is 397 g/mol. The zero-order valence-corrected chi connectivity index (χ0v) is 18.2. The van der Waals surface area contributed by atoms with Gasteiger partial charge in [0.25, 0.3) is 0 Å². The van der Waals surface area contributed by atoms with Crippen molar-refractivity contribution >= 4 is 0 Å². The zero-order chi connectivity index (χ0) is 21.9. The first-order valence-corrected chi connectivity index (χ1v) is 10.9. The summed E-state index contributed by atoms with van der Waals surface area (Å²) in [6.07, 6.45) is 3.13. The molecule has 0 radical (unpaired) electrons. The van der Waals surface area contributed by atoms with E-state index in [9.17, 15) is 9.50 Å². The molecule has 1 aliphatic rings. The van der Waals surface area contributed by atoms with Crippen molar-refractivity contribution in [1.29, 1.82) is 0 Å². The summed E-state index contributed by atoms with van der Waals surface area (Å²) in [5, 5.41) is 10.5. The lowest BCUT2D eigenvalue weighted by atomic mass is 10.2. The molecule has 3 rings (SSSR count). The Kier molecular flexibility index (Phi) is 9.71. The molecule has 1 N–H and O–H groups in total. The van der Waals surface area contributed by atoms with Crippen molar-refractivity contribution in [1.82, 2.24) is 14.4 Å². The zero-order valence-electron chi connectivity index (χ0n) is 18.2. The maximum absolute atomic E-state index is 13.6. The Hall–Kier alpha value is -2.03.